The summed E-state index contributed by atoms with van der Waals surface area (Å²) < 4.78 is 77.0. The molecule has 6 nitrogen and oxygen atoms in total. The molecule has 1 amide bonds. The molecule has 0 unspecified atom stereocenters. The third kappa shape index (κ3) is 2.50. The number of halogens is 4. The summed E-state index contributed by atoms with van der Waals surface area (Å²) in [6, 6.07) is -0.202. The molecular weight excluding hydrogens is 352 g/mol. The van der Waals surface area contributed by atoms with E-state index in [1.807, 2.05) is 0 Å². The van der Waals surface area contributed by atoms with Crippen LogP contribution in [0, 0.1) is 23.3 Å². The molecule has 0 bridgehead atoms. The van der Waals surface area contributed by atoms with E-state index in [-0.39, 0.29) is 6.07 Å². The molecule has 1 N–H and O–H groups in total. The van der Waals surface area contributed by atoms with Crippen molar-refractivity contribution >= 4 is 33.3 Å². The minimum Gasteiger partial charge on any atom is -0.464 e. The minimum atomic E-state index is -5.40. The third-order valence-corrected chi connectivity index (χ3v) is 4.66. The molecule has 0 fully saturated rings. The van der Waals surface area contributed by atoms with Crippen molar-refractivity contribution in [1.29, 1.82) is 0 Å². The second-order valence-corrected chi connectivity index (χ2v) is 6.14. The van der Waals surface area contributed by atoms with Crippen molar-refractivity contribution in [3.8, 4) is 0 Å². The number of thiazole rings is 1. The topological polar surface area (TPSA) is 87.6 Å². The summed E-state index contributed by atoms with van der Waals surface area (Å²) in [5, 5.41) is 9.92. The molecule has 0 aliphatic heterocycles. The molecule has 0 atom stereocenters. The Kier molecular flexibility index (Phi) is 4.06. The van der Waals surface area contributed by atoms with Gasteiger partial charge in [-0.1, -0.05) is 0 Å². The number of nitrogens with zero attached hydrogens (tertiary/aromatic N) is 2. The van der Waals surface area contributed by atoms with Gasteiger partial charge in [0.1, 0.15) is 5.82 Å². The van der Waals surface area contributed by atoms with Gasteiger partial charge in [-0.2, -0.15) is 0 Å². The van der Waals surface area contributed by atoms with Crippen LogP contribution in [0.1, 0.15) is 0 Å². The summed E-state index contributed by atoms with van der Waals surface area (Å²) in [5.74, 6) is -9.20. The normalized spacial score (nSPS) is 11.5. The molecule has 12 heteroatoms. The smallest absolute Gasteiger partial charge is 0.427 e. The fourth-order valence-corrected chi connectivity index (χ4v) is 3.45. The number of hydrogen-bond donors (Lipinski definition) is 1. The van der Waals surface area contributed by atoms with E-state index in [1.54, 1.807) is 0 Å². The van der Waals surface area contributed by atoms with Crippen LogP contribution in [-0.4, -0.2) is 24.6 Å². The van der Waals surface area contributed by atoms with E-state index >= 15 is 0 Å². The molecular formula is C10H4F4N2O4S2. The molecule has 1 aromatic heterocycles. The van der Waals surface area contributed by atoms with Crippen LogP contribution in [0.15, 0.2) is 21.9 Å². The zero-order valence-electron chi connectivity index (χ0n) is 10.1. The summed E-state index contributed by atoms with van der Waals surface area (Å²) in [5.41, 5.74) is 1.07. The standard InChI is InChI=1S/C10H4F4N2O4S2/c11-4-1-5(12)9(8(14)7(4)13)22(19,20)16(10(17)18)6-2-21-3-15-6/h1-3H,(H,17,18). The Balaban J connectivity index is 2.75. The second-order valence-electron chi connectivity index (χ2n) is 3.70. The van der Waals surface area contributed by atoms with Gasteiger partial charge in [0.15, 0.2) is 28.2 Å². The number of carbonyl (C=O) groups is 1. The zero-order valence-corrected chi connectivity index (χ0v) is 11.8. The first-order valence-electron chi connectivity index (χ1n) is 5.17. The lowest BCUT2D eigenvalue weighted by Gasteiger charge is -2.17. The largest absolute Gasteiger partial charge is 0.464 e. The fraction of sp³-hybridized carbons (Fsp3) is 0. The number of amides is 1. The highest BCUT2D eigenvalue weighted by Gasteiger charge is 2.38. The highest BCUT2D eigenvalue weighted by molar-refractivity contribution is 7.93. The Labute approximate surface area is 124 Å². The molecule has 0 aliphatic rings. The first kappa shape index (κ1) is 16.2. The summed E-state index contributed by atoms with van der Waals surface area (Å²) in [4.78, 5) is 12.6. The minimum absolute atomic E-state index is 0.202. The predicted molar refractivity (Wildman–Crippen MR) is 66.1 cm³/mol. The number of hydrogen-bond acceptors (Lipinski definition) is 5. The maximum atomic E-state index is 13.6. The highest BCUT2D eigenvalue weighted by atomic mass is 32.2. The van der Waals surface area contributed by atoms with Gasteiger partial charge in [-0.25, -0.2) is 35.8 Å². The Hall–Kier alpha value is -2.21. The maximum absolute atomic E-state index is 13.6. The van der Waals surface area contributed by atoms with Crippen LogP contribution in [-0.2, 0) is 10.0 Å². The van der Waals surface area contributed by atoms with E-state index in [0.717, 1.165) is 22.2 Å². The van der Waals surface area contributed by atoms with Gasteiger partial charge < -0.3 is 5.11 Å². The van der Waals surface area contributed by atoms with Gasteiger partial charge >= 0.3 is 6.09 Å². The number of benzene rings is 1. The van der Waals surface area contributed by atoms with Gasteiger partial charge in [0.05, 0.1) is 5.51 Å². The molecule has 0 spiro atoms. The van der Waals surface area contributed by atoms with Gasteiger partial charge in [0.2, 0.25) is 0 Å². The molecule has 0 saturated carbocycles. The molecule has 1 aromatic carbocycles. The van der Waals surface area contributed by atoms with Crippen molar-refractivity contribution in [2.45, 2.75) is 4.90 Å². The van der Waals surface area contributed by atoms with Crippen molar-refractivity contribution in [3.05, 3.63) is 40.2 Å². The van der Waals surface area contributed by atoms with Gasteiger partial charge in [0.25, 0.3) is 10.0 Å². The summed E-state index contributed by atoms with van der Waals surface area (Å²) in [7, 11) is -5.40. The average molecular weight is 356 g/mol. The Morgan fingerprint density at radius 2 is 1.82 bits per heavy atom. The fourth-order valence-electron chi connectivity index (χ4n) is 1.51. The van der Waals surface area contributed by atoms with Gasteiger partial charge in [-0.05, 0) is 0 Å². The summed E-state index contributed by atoms with van der Waals surface area (Å²) in [6.07, 6.45) is -2.13. The summed E-state index contributed by atoms with van der Waals surface area (Å²) >= 11 is 0.808. The third-order valence-electron chi connectivity index (χ3n) is 2.37. The van der Waals surface area contributed by atoms with Crippen molar-refractivity contribution in [1.82, 2.24) is 4.98 Å². The van der Waals surface area contributed by atoms with Gasteiger partial charge in [0, 0.05) is 11.4 Å². The molecule has 1 heterocycles. The van der Waals surface area contributed by atoms with Crippen LogP contribution in [0.2, 0.25) is 0 Å². The van der Waals surface area contributed by atoms with E-state index in [1.165, 1.54) is 0 Å². The molecule has 0 aliphatic carbocycles. The highest BCUT2D eigenvalue weighted by Crippen LogP contribution is 2.29. The molecule has 0 saturated heterocycles. The quantitative estimate of drug-likeness (QED) is 0.519. The number of anilines is 1. The van der Waals surface area contributed by atoms with Crippen LogP contribution in [0.25, 0.3) is 0 Å². The van der Waals surface area contributed by atoms with E-state index in [0.29, 0.717) is 0 Å². The summed E-state index contributed by atoms with van der Waals surface area (Å²) in [6.45, 7) is 0. The van der Waals surface area contributed by atoms with E-state index < -0.39 is 54.4 Å². The van der Waals surface area contributed by atoms with Gasteiger partial charge in [-0.3, -0.25) is 0 Å². The van der Waals surface area contributed by atoms with Crippen molar-refractivity contribution in [2.24, 2.45) is 0 Å². The van der Waals surface area contributed by atoms with E-state index in [2.05, 4.69) is 4.98 Å². The van der Waals surface area contributed by atoms with E-state index in [4.69, 9.17) is 5.11 Å². The second kappa shape index (κ2) is 5.53. The number of sulfonamides is 1. The van der Waals surface area contributed by atoms with Crippen molar-refractivity contribution < 1.29 is 35.9 Å². The lowest BCUT2D eigenvalue weighted by atomic mass is 10.3. The Morgan fingerprint density at radius 1 is 1.18 bits per heavy atom. The van der Waals surface area contributed by atoms with Crippen LogP contribution in [0.3, 0.4) is 0 Å². The first-order valence-corrected chi connectivity index (χ1v) is 7.55. The number of carboxylic acid groups (broad SMARTS) is 1. The maximum Gasteiger partial charge on any atom is 0.427 e. The molecule has 22 heavy (non-hydrogen) atoms. The first-order chi connectivity index (χ1) is 10.2. The van der Waals surface area contributed by atoms with Crippen LogP contribution in [0.5, 0.6) is 0 Å². The average Bonchev–Trinajstić information content (AvgIpc) is 2.88. The Bertz CT molecular complexity index is 839. The monoisotopic (exact) mass is 356 g/mol. The van der Waals surface area contributed by atoms with Crippen molar-refractivity contribution in [3.63, 3.8) is 0 Å². The van der Waals surface area contributed by atoms with Gasteiger partial charge in [-0.15, -0.1) is 15.6 Å². The van der Waals surface area contributed by atoms with E-state index in [9.17, 15) is 30.8 Å². The molecule has 2 rings (SSSR count). The predicted octanol–water partition coefficient (Wildman–Crippen LogP) is 2.57. The number of rotatable bonds is 3. The molecule has 0 radical (unpaired) electrons. The molecule has 2 aromatic rings. The van der Waals surface area contributed by atoms with Crippen LogP contribution >= 0.6 is 11.3 Å². The Morgan fingerprint density at radius 3 is 2.32 bits per heavy atom. The lowest BCUT2D eigenvalue weighted by molar-refractivity contribution is 0.206. The SMILES string of the molecule is O=C(O)N(c1cscn1)S(=O)(=O)c1c(F)cc(F)c(F)c1F. The lowest BCUT2D eigenvalue weighted by Crippen LogP contribution is -2.37. The number of aromatic nitrogens is 1. The van der Waals surface area contributed by atoms with Crippen LogP contribution < -0.4 is 4.31 Å². The molecule has 118 valence electrons. The van der Waals surface area contributed by atoms with Crippen LogP contribution in [0.4, 0.5) is 28.2 Å². The van der Waals surface area contributed by atoms with Crippen molar-refractivity contribution in [2.75, 3.05) is 4.31 Å². The zero-order chi connectivity index (χ0) is 16.7.